The first-order valence-electron chi connectivity index (χ1n) is 12.1. The third-order valence-corrected chi connectivity index (χ3v) is 6.81. The van der Waals surface area contributed by atoms with Crippen molar-refractivity contribution in [3.63, 3.8) is 0 Å². The fourth-order valence-corrected chi connectivity index (χ4v) is 5.17. The highest BCUT2D eigenvalue weighted by Gasteiger charge is 2.53. The summed E-state index contributed by atoms with van der Waals surface area (Å²) in [6.07, 6.45) is 0.439. The van der Waals surface area contributed by atoms with Gasteiger partial charge in [-0.3, -0.25) is 14.4 Å². The first-order chi connectivity index (χ1) is 17.8. The Hall–Kier alpha value is -3.61. The van der Waals surface area contributed by atoms with Gasteiger partial charge in [0, 0.05) is 77.2 Å². The molecule has 1 aromatic carbocycles. The lowest BCUT2D eigenvalue weighted by molar-refractivity contribution is -0.192. The number of nitrogens with zero attached hydrogens (tertiary/aromatic N) is 5. The number of hydrogen-bond donors (Lipinski definition) is 2. The standard InChI is InChI=1S/C23H32N6O2.C2HF3O2/c1-26(2)21(30)23-10-7-11-29(22(31)25-20-8-5-4-6-9-20)16-19(23)15-28(17-23)14-18-12-24-27(3)13-18;3-2(4,5)1(6)7/h4-6,8-9,12-13,19H,7,10-11,14-17H2,1-3H3,(H,25,31);(H,6,7)/t19-,23+;/m1./s1. The minimum absolute atomic E-state index is 0.0926. The van der Waals surface area contributed by atoms with E-state index in [-0.39, 0.29) is 17.9 Å². The molecule has 0 bridgehead atoms. The number of aromatic nitrogens is 2. The fraction of sp³-hybridized carbons (Fsp3) is 0.520. The summed E-state index contributed by atoms with van der Waals surface area (Å²) in [5.41, 5.74) is 1.48. The topological polar surface area (TPSA) is 111 Å². The number of likely N-dealkylation sites (tertiary alicyclic amines) is 2. The number of para-hydroxylation sites is 1. The Labute approximate surface area is 219 Å². The predicted molar refractivity (Wildman–Crippen MR) is 133 cm³/mol. The highest BCUT2D eigenvalue weighted by atomic mass is 19.4. The maximum Gasteiger partial charge on any atom is 0.490 e. The van der Waals surface area contributed by atoms with Crippen LogP contribution in [0.15, 0.2) is 42.7 Å². The van der Waals surface area contributed by atoms with Crippen LogP contribution >= 0.6 is 0 Å². The highest BCUT2D eigenvalue weighted by molar-refractivity contribution is 5.89. The number of anilines is 1. The number of carboxylic acids is 1. The van der Waals surface area contributed by atoms with Crippen molar-refractivity contribution in [1.29, 1.82) is 0 Å². The Balaban J connectivity index is 0.000000505. The summed E-state index contributed by atoms with van der Waals surface area (Å²) in [5.74, 6) is -2.48. The number of urea groups is 1. The molecule has 0 saturated carbocycles. The molecule has 2 aliphatic heterocycles. The van der Waals surface area contributed by atoms with Crippen LogP contribution in [0, 0.1) is 11.3 Å². The third-order valence-electron chi connectivity index (χ3n) is 6.81. The molecular formula is C25H33F3N6O4. The zero-order valence-electron chi connectivity index (χ0n) is 21.6. The van der Waals surface area contributed by atoms with E-state index in [2.05, 4.69) is 15.3 Å². The number of carbonyl (C=O) groups is 3. The van der Waals surface area contributed by atoms with Crippen molar-refractivity contribution in [2.24, 2.45) is 18.4 Å². The van der Waals surface area contributed by atoms with E-state index in [1.807, 2.05) is 68.8 Å². The van der Waals surface area contributed by atoms with Crippen LogP contribution in [0.3, 0.4) is 0 Å². The summed E-state index contributed by atoms with van der Waals surface area (Å²) in [4.78, 5) is 41.2. The van der Waals surface area contributed by atoms with E-state index in [1.54, 1.807) is 9.58 Å². The van der Waals surface area contributed by atoms with Gasteiger partial charge >= 0.3 is 18.2 Å². The first kappa shape index (κ1) is 29.0. The molecule has 10 nitrogen and oxygen atoms in total. The van der Waals surface area contributed by atoms with Crippen LogP contribution in [0.5, 0.6) is 0 Å². The number of aryl methyl sites for hydroxylation is 1. The van der Waals surface area contributed by atoms with E-state index in [0.717, 1.165) is 43.7 Å². The van der Waals surface area contributed by atoms with E-state index in [0.29, 0.717) is 13.1 Å². The van der Waals surface area contributed by atoms with Crippen molar-refractivity contribution >= 4 is 23.6 Å². The van der Waals surface area contributed by atoms with Crippen LogP contribution in [0.4, 0.5) is 23.7 Å². The van der Waals surface area contributed by atoms with Crippen molar-refractivity contribution in [2.45, 2.75) is 25.6 Å². The monoisotopic (exact) mass is 538 g/mol. The van der Waals surface area contributed by atoms with Crippen molar-refractivity contribution in [3.05, 3.63) is 48.3 Å². The van der Waals surface area contributed by atoms with Gasteiger partial charge in [0.1, 0.15) is 0 Å². The zero-order chi connectivity index (χ0) is 28.1. The fourth-order valence-electron chi connectivity index (χ4n) is 5.17. The van der Waals surface area contributed by atoms with Crippen molar-refractivity contribution in [1.82, 2.24) is 24.5 Å². The van der Waals surface area contributed by atoms with E-state index in [1.165, 1.54) is 0 Å². The van der Waals surface area contributed by atoms with E-state index in [4.69, 9.17) is 9.90 Å². The molecule has 3 heterocycles. The van der Waals surface area contributed by atoms with E-state index in [9.17, 15) is 22.8 Å². The number of hydrogen-bond acceptors (Lipinski definition) is 5. The molecule has 208 valence electrons. The molecule has 3 amide bonds. The van der Waals surface area contributed by atoms with Gasteiger partial charge < -0.3 is 20.2 Å². The summed E-state index contributed by atoms with van der Waals surface area (Å²) in [6.45, 7) is 3.53. The Bertz CT molecular complexity index is 1120. The average Bonchev–Trinajstić information content (AvgIpc) is 3.35. The van der Waals surface area contributed by atoms with Crippen LogP contribution in [-0.4, -0.2) is 93.9 Å². The molecule has 2 aliphatic rings. The molecule has 13 heteroatoms. The first-order valence-corrected chi connectivity index (χ1v) is 12.1. The Morgan fingerprint density at radius 2 is 1.84 bits per heavy atom. The number of halogens is 3. The molecule has 2 fully saturated rings. The second-order valence-corrected chi connectivity index (χ2v) is 9.89. The van der Waals surface area contributed by atoms with Gasteiger partial charge in [-0.2, -0.15) is 18.3 Å². The molecule has 0 spiro atoms. The molecule has 2 saturated heterocycles. The molecule has 0 aliphatic carbocycles. The number of carbonyl (C=O) groups excluding carboxylic acids is 2. The molecule has 0 radical (unpaired) electrons. The van der Waals surface area contributed by atoms with Gasteiger partial charge in [-0.15, -0.1) is 0 Å². The van der Waals surface area contributed by atoms with Gasteiger partial charge in [0.2, 0.25) is 5.91 Å². The SMILES string of the molecule is CN(C)C(=O)[C@]12CCCN(C(=O)Nc3ccccc3)C[C@H]1CN(Cc1cnn(C)c1)C2.O=C(O)C(F)(F)F. The molecule has 2 N–H and O–H groups in total. The molecule has 38 heavy (non-hydrogen) atoms. The van der Waals surface area contributed by atoms with Crippen LogP contribution < -0.4 is 5.32 Å². The number of aliphatic carboxylic acids is 1. The van der Waals surface area contributed by atoms with E-state index >= 15 is 0 Å². The van der Waals surface area contributed by atoms with Gasteiger partial charge in [-0.1, -0.05) is 18.2 Å². The zero-order valence-corrected chi connectivity index (χ0v) is 21.6. The van der Waals surface area contributed by atoms with Crippen LogP contribution in [0.1, 0.15) is 18.4 Å². The number of carboxylic acid groups (broad SMARTS) is 1. The smallest absolute Gasteiger partial charge is 0.475 e. The molecule has 0 unspecified atom stereocenters. The average molecular weight is 539 g/mol. The van der Waals surface area contributed by atoms with Crippen LogP contribution in [0.25, 0.3) is 0 Å². The maximum absolute atomic E-state index is 13.4. The predicted octanol–water partition coefficient (Wildman–Crippen LogP) is 2.89. The quantitative estimate of drug-likeness (QED) is 0.620. The molecule has 1 aromatic heterocycles. The highest BCUT2D eigenvalue weighted by Crippen LogP contribution is 2.44. The number of nitrogens with one attached hydrogen (secondary N) is 1. The van der Waals surface area contributed by atoms with Gasteiger partial charge in [0.05, 0.1) is 11.6 Å². The molecule has 4 rings (SSSR count). The number of alkyl halides is 3. The van der Waals surface area contributed by atoms with Crippen LogP contribution in [-0.2, 0) is 23.2 Å². The van der Waals surface area contributed by atoms with Gasteiger partial charge in [0.15, 0.2) is 0 Å². The summed E-state index contributed by atoms with van der Waals surface area (Å²) in [7, 11) is 5.59. The number of fused-ring (bicyclic) bond motifs is 1. The van der Waals surface area contributed by atoms with Gasteiger partial charge in [-0.05, 0) is 25.0 Å². The number of benzene rings is 1. The van der Waals surface area contributed by atoms with Gasteiger partial charge in [-0.25, -0.2) is 9.59 Å². The van der Waals surface area contributed by atoms with E-state index < -0.39 is 17.6 Å². The van der Waals surface area contributed by atoms with Crippen molar-refractivity contribution in [3.8, 4) is 0 Å². The Morgan fingerprint density at radius 3 is 2.39 bits per heavy atom. The molecule has 2 aromatic rings. The maximum atomic E-state index is 13.4. The van der Waals surface area contributed by atoms with Gasteiger partial charge in [0.25, 0.3) is 0 Å². The second-order valence-electron chi connectivity index (χ2n) is 9.89. The number of rotatable bonds is 4. The molecule has 2 atom stereocenters. The number of amides is 3. The lowest BCUT2D eigenvalue weighted by atomic mass is 9.74. The minimum atomic E-state index is -5.08. The Kier molecular flexibility index (Phi) is 9.02. The van der Waals surface area contributed by atoms with Crippen molar-refractivity contribution < 1.29 is 32.7 Å². The summed E-state index contributed by atoms with van der Waals surface area (Å²) >= 11 is 0. The third kappa shape index (κ3) is 7.03. The summed E-state index contributed by atoms with van der Waals surface area (Å²) in [6, 6.07) is 9.43. The largest absolute Gasteiger partial charge is 0.490 e. The summed E-state index contributed by atoms with van der Waals surface area (Å²) < 4.78 is 33.5. The normalized spacial score (nSPS) is 21.5. The summed E-state index contributed by atoms with van der Waals surface area (Å²) in [5, 5.41) is 14.4. The van der Waals surface area contributed by atoms with Crippen LogP contribution in [0.2, 0.25) is 0 Å². The lowest BCUT2D eigenvalue weighted by Gasteiger charge is -2.35. The Morgan fingerprint density at radius 1 is 1.18 bits per heavy atom. The van der Waals surface area contributed by atoms with Crippen molar-refractivity contribution in [2.75, 3.05) is 45.6 Å². The molecular weight excluding hydrogens is 505 g/mol. The second kappa shape index (κ2) is 11.8. The lowest BCUT2D eigenvalue weighted by Crippen LogP contribution is -2.48. The minimum Gasteiger partial charge on any atom is -0.475 e.